The van der Waals surface area contributed by atoms with Crippen LogP contribution < -0.4 is 30.1 Å². The Kier molecular flexibility index (Phi) is 45.2. The van der Waals surface area contributed by atoms with E-state index in [0.717, 1.165) is 53.8 Å². The SMILES string of the molecule is C.C/C(N)=N\O.COC(=O)c1ccc(-c2nn(C(=O)c3c(C)cccc3Cl)c3cc(-c4nc(C)no4)ccc23)c(F)c1.COC(=O)c1ccc(B(O)O)c(F)c1.Cc1cccc(Cl)c1C(=O)n1nc(I)c2ncc(C(=O)O)cc21.Cc1noc(-c2ccc3c(-c4ccc(C(=O)O)cc4F)nn(C(=O)c4c(C)cccc4Cl)c3c2)n1.Cc1noc(-c2ccc3c(I)nn(C(=O)c4c(C)cccc4Cl)c3c2)n1.[Li+].[OH-].[W].[W].[W].[W]. The van der Waals surface area contributed by atoms with Crippen LogP contribution in [0.4, 0.5) is 13.2 Å². The molecule has 744 valence electrons. The van der Waals surface area contributed by atoms with Gasteiger partial charge in [0.05, 0.1) is 101 Å². The Balaban J connectivity index is 0.000000279. The number of carbonyl (C=O) groups is 8. The average molecular weight is 2960 g/mol. The van der Waals surface area contributed by atoms with Crippen LogP contribution >= 0.6 is 91.6 Å². The number of amidine groups is 1. The first-order valence-corrected chi connectivity index (χ1v) is 44.1. The van der Waals surface area contributed by atoms with Crippen LogP contribution in [-0.2, 0) is 93.7 Å². The molecule has 0 spiro atoms. The fraction of sp³-hybridized carbons (Fsp3) is 0.116. The van der Waals surface area contributed by atoms with Gasteiger partial charge in [-0.3, -0.25) is 24.2 Å². The molecule has 18 rings (SSSR count). The standard InChI is InChI=1S/C26H18ClFN4O4.C25H16ClFN4O4.C18H12ClIN4O2.C15H9ClIN3O3.C8H8BFO4.C2H6N2O.CH4.Li.H2O.4W/c1-13-5-4-6-19(27)22(13)25(33)32-21-12-15(24-29-14(2)31-36-24)7-10-18(21)23(30-32)17-9-8-16(11-20(17)28)26(34)35-3;1-12-4-3-5-18(26)21(12)24(32)31-20-11-14(23-28-13(2)30-35-23)6-9-17(20)22(29-31)16-8-7-15(25(33)34)10-19(16)27;1-9-4-3-5-13(19)15(9)18(25)24-14-8-11(17-21-10(2)23-26-17)6-7-12(14)16(20)22-24;1-7-3-2-4-9(16)11(7)14(21)20-10-5-8(15(22)23)6-18-12(10)13(17)19-20;1-14-8(11)5-2-3-6(9(12)13)7(10)4-5;1-2(3)4-5;;;;;;;/h4-12H,1-3H3;3-11H,1-2H3,(H,33,34);3-8H,1-2H3;2-6H,1H3,(H,22,23);2-4,12-13H,1H3;5H,1H3,(H2,3,4);1H4;;1H2;;;;/q;;;;;;;+1;;;;;/p-1. The van der Waals surface area contributed by atoms with E-state index in [-0.39, 0.29) is 211 Å². The molecule has 0 fully saturated rings. The summed E-state index contributed by atoms with van der Waals surface area (Å²) >= 11 is 29.2. The summed E-state index contributed by atoms with van der Waals surface area (Å²) < 4.78 is 74.1. The number of pyridine rings is 1. The van der Waals surface area contributed by atoms with Crippen LogP contribution in [0.3, 0.4) is 0 Å². The fourth-order valence-electron chi connectivity index (χ4n) is 13.9. The van der Waals surface area contributed by atoms with Gasteiger partial charge in [-0.15, -0.1) is 0 Å². The van der Waals surface area contributed by atoms with E-state index in [2.05, 4.69) is 93.0 Å². The van der Waals surface area contributed by atoms with Gasteiger partial charge in [0.25, 0.3) is 41.3 Å². The number of benzene rings is 10. The molecule has 0 aliphatic rings. The molecule has 146 heavy (non-hydrogen) atoms. The maximum absolute atomic E-state index is 15.2. The Morgan fingerprint density at radius 2 is 0.747 bits per heavy atom. The number of aryl methyl sites for hydroxylation is 7. The van der Waals surface area contributed by atoms with E-state index in [0.29, 0.717) is 114 Å². The molecule has 51 heteroatoms. The first kappa shape index (κ1) is 123. The molecule has 36 nitrogen and oxygen atoms in total. The van der Waals surface area contributed by atoms with Crippen molar-refractivity contribution in [3.05, 3.63) is 323 Å². The maximum atomic E-state index is 15.2. The normalized spacial score (nSPS) is 10.5. The van der Waals surface area contributed by atoms with Crippen molar-refractivity contribution in [3.63, 3.8) is 0 Å². The van der Waals surface area contributed by atoms with Gasteiger partial charge in [0.1, 0.15) is 47.6 Å². The first-order valence-electron chi connectivity index (χ1n) is 40.4. The molecular formula is C95H74BCl4F3I2LiN17O19W4. The van der Waals surface area contributed by atoms with Crippen molar-refractivity contribution >= 4 is 201 Å². The number of oxime groups is 1. The molecule has 0 aliphatic heterocycles. The number of nitrogens with two attached hydrogens (primary N) is 1. The van der Waals surface area contributed by atoms with Crippen molar-refractivity contribution < 1.29 is 209 Å². The van der Waals surface area contributed by atoms with Crippen LogP contribution in [0.1, 0.15) is 137 Å². The Bertz CT molecular complexity index is 7950. The van der Waals surface area contributed by atoms with Gasteiger partial charge in [0, 0.05) is 140 Å². The molecule has 18 aromatic rings. The number of esters is 2. The molecule has 10 aromatic carbocycles. The predicted molar refractivity (Wildman–Crippen MR) is 531 cm³/mol. The Hall–Kier alpha value is -11.8. The molecule has 0 radical (unpaired) electrons. The van der Waals surface area contributed by atoms with Gasteiger partial charge in [0.2, 0.25) is 0 Å². The van der Waals surface area contributed by atoms with Crippen molar-refractivity contribution in [1.82, 2.24) is 74.5 Å². The number of carboxylic acid groups (broad SMARTS) is 2. The number of aromatic carboxylic acids is 2. The van der Waals surface area contributed by atoms with Gasteiger partial charge >= 0.3 is 49.9 Å². The molecular weight excluding hydrogens is 2890 g/mol. The number of hydrogen-bond acceptors (Lipinski definition) is 29. The third-order valence-corrected chi connectivity index (χ3v) is 23.3. The van der Waals surface area contributed by atoms with Crippen molar-refractivity contribution in [2.75, 3.05) is 14.2 Å². The van der Waals surface area contributed by atoms with Crippen molar-refractivity contribution in [2.45, 2.75) is 62.8 Å². The molecule has 8 N–H and O–H groups in total. The molecule has 0 aliphatic carbocycles. The van der Waals surface area contributed by atoms with Crippen LogP contribution in [0.2, 0.25) is 20.1 Å². The van der Waals surface area contributed by atoms with E-state index < -0.39 is 66.2 Å². The number of nitrogens with zero attached hydrogens (tertiary/aromatic N) is 16. The van der Waals surface area contributed by atoms with Gasteiger partial charge in [-0.05, 0) is 256 Å². The Morgan fingerprint density at radius 1 is 0.432 bits per heavy atom. The summed E-state index contributed by atoms with van der Waals surface area (Å²) in [6, 6.07) is 48.5. The van der Waals surface area contributed by atoms with Crippen LogP contribution in [0.15, 0.2) is 213 Å². The van der Waals surface area contributed by atoms with Gasteiger partial charge in [0.15, 0.2) is 17.5 Å². The third kappa shape index (κ3) is 27.4. The summed E-state index contributed by atoms with van der Waals surface area (Å²) in [5.41, 5.74) is 13.0. The topological polar surface area (TPSA) is 525 Å². The summed E-state index contributed by atoms with van der Waals surface area (Å²) in [6.07, 6.45) is 1.24. The number of carbonyl (C=O) groups excluding carboxylic acids is 6. The number of methoxy groups -OCH3 is 2. The van der Waals surface area contributed by atoms with E-state index in [1.165, 1.54) is 73.1 Å². The van der Waals surface area contributed by atoms with Gasteiger partial charge in [-0.2, -0.15) is 54.1 Å². The molecule has 0 unspecified atom stereocenters. The smallest absolute Gasteiger partial charge is 0.870 e. The number of carboxylic acids is 2. The fourth-order valence-corrected chi connectivity index (χ4v) is 16.4. The Labute approximate surface area is 943 Å². The summed E-state index contributed by atoms with van der Waals surface area (Å²) in [5, 5.41) is 77.9. The molecule has 8 heterocycles. The van der Waals surface area contributed by atoms with E-state index in [1.807, 2.05) is 59.8 Å². The quantitative estimate of drug-likeness (QED) is 0.0112. The van der Waals surface area contributed by atoms with E-state index in [4.69, 9.17) is 86.1 Å². The Morgan fingerprint density at radius 3 is 1.06 bits per heavy atom. The summed E-state index contributed by atoms with van der Waals surface area (Å²) in [4.78, 5) is 115. The van der Waals surface area contributed by atoms with E-state index in [9.17, 15) is 52.2 Å². The number of halogens is 9. The van der Waals surface area contributed by atoms with Crippen molar-refractivity contribution in [3.8, 4) is 56.9 Å². The zero-order valence-electron chi connectivity index (χ0n) is 76.8. The van der Waals surface area contributed by atoms with Gasteiger partial charge < -0.3 is 59.7 Å². The summed E-state index contributed by atoms with van der Waals surface area (Å²) in [6.45, 7) is 13.8. The second kappa shape index (κ2) is 53.7. The van der Waals surface area contributed by atoms with Crippen LogP contribution in [0.5, 0.6) is 0 Å². The van der Waals surface area contributed by atoms with Crippen LogP contribution in [0.25, 0.3) is 101 Å². The number of fused-ring (bicyclic) bond motifs is 4. The van der Waals surface area contributed by atoms with Crippen LogP contribution in [0, 0.1) is 73.3 Å². The van der Waals surface area contributed by atoms with Crippen molar-refractivity contribution in [2.24, 2.45) is 10.9 Å². The monoisotopic (exact) mass is 2960 g/mol. The van der Waals surface area contributed by atoms with Crippen molar-refractivity contribution in [1.29, 1.82) is 0 Å². The molecule has 0 saturated heterocycles. The minimum atomic E-state index is -1.89. The first-order chi connectivity index (χ1) is 66.2. The summed E-state index contributed by atoms with van der Waals surface area (Å²) in [7, 11) is 0.505. The molecule has 8 aromatic heterocycles. The minimum absolute atomic E-state index is 0. The van der Waals surface area contributed by atoms with E-state index >= 15 is 4.39 Å². The van der Waals surface area contributed by atoms with Crippen LogP contribution in [-0.4, -0.2) is 180 Å². The van der Waals surface area contributed by atoms with Gasteiger partial charge in [-0.25, -0.2) is 32.3 Å². The predicted octanol–water partition coefficient (Wildman–Crippen LogP) is 15.7. The zero-order valence-corrected chi connectivity index (χ0v) is 95.9. The average Bonchev–Trinajstić information content (AvgIpc) is 1.59. The number of rotatable bonds is 14. The number of ether oxygens (including phenoxy) is 2. The van der Waals surface area contributed by atoms with Gasteiger partial charge in [-0.1, -0.05) is 129 Å². The second-order valence-electron chi connectivity index (χ2n) is 29.9. The van der Waals surface area contributed by atoms with E-state index in [1.54, 1.807) is 139 Å². The maximum Gasteiger partial charge on any atom is 1.00 e. The number of aromatic nitrogens is 15. The summed E-state index contributed by atoms with van der Waals surface area (Å²) in [5.74, 6) is -5.22. The second-order valence-corrected chi connectivity index (χ2v) is 33.6. The third-order valence-electron chi connectivity index (χ3n) is 20.5. The molecule has 0 atom stereocenters. The molecule has 0 amide bonds. The molecule has 0 saturated carbocycles. The molecule has 0 bridgehead atoms. The zero-order chi connectivity index (χ0) is 101. The minimum Gasteiger partial charge on any atom is -0.870 e. The largest absolute Gasteiger partial charge is 1.00 e. The number of hydrogen-bond donors (Lipinski definition) is 6.